The number of anilines is 1. The van der Waals surface area contributed by atoms with Gasteiger partial charge in [0.2, 0.25) is 0 Å². The zero-order valence-corrected chi connectivity index (χ0v) is 10.1. The number of nitrogen functional groups attached to an aromatic ring is 1. The molecule has 0 fully saturated rings. The van der Waals surface area contributed by atoms with Crippen molar-refractivity contribution in [3.63, 3.8) is 0 Å². The minimum Gasteiger partial charge on any atom is -0.398 e. The predicted molar refractivity (Wildman–Crippen MR) is 65.6 cm³/mol. The van der Waals surface area contributed by atoms with Crippen molar-refractivity contribution in [2.24, 2.45) is 0 Å². The van der Waals surface area contributed by atoms with E-state index in [2.05, 4.69) is 9.82 Å². The number of hydroxylamine groups is 1. The van der Waals surface area contributed by atoms with Crippen molar-refractivity contribution in [3.8, 4) is 0 Å². The topological polar surface area (TPSA) is 77.2 Å². The van der Waals surface area contributed by atoms with Crippen LogP contribution in [0, 0.1) is 0 Å². The van der Waals surface area contributed by atoms with Crippen LogP contribution >= 0.6 is 0 Å². The molecular formula is C12H10F3N3O2. The smallest absolute Gasteiger partial charge is 0.398 e. The lowest BCUT2D eigenvalue weighted by Gasteiger charge is -2.09. The number of carbonyl (C=O) groups is 1. The van der Waals surface area contributed by atoms with Crippen molar-refractivity contribution in [1.82, 2.24) is 10.5 Å². The number of nitrogens with one attached hydrogen (secondary N) is 1. The van der Waals surface area contributed by atoms with Crippen LogP contribution in [0.3, 0.4) is 0 Å². The predicted octanol–water partition coefficient (Wildman–Crippen LogP) is 2.04. The highest BCUT2D eigenvalue weighted by atomic mass is 19.4. The summed E-state index contributed by atoms with van der Waals surface area (Å²) < 4.78 is 35.6. The lowest BCUT2D eigenvalue weighted by molar-refractivity contribution is -0.184. The molecule has 0 bridgehead atoms. The van der Waals surface area contributed by atoms with Crippen molar-refractivity contribution in [2.75, 3.05) is 12.3 Å². The number of para-hydroxylation sites is 1. The van der Waals surface area contributed by atoms with Crippen LogP contribution < -0.4 is 11.2 Å². The lowest BCUT2D eigenvalue weighted by atomic mass is 10.1. The van der Waals surface area contributed by atoms with Gasteiger partial charge in [0.1, 0.15) is 5.69 Å². The Labute approximate surface area is 111 Å². The van der Waals surface area contributed by atoms with E-state index in [-0.39, 0.29) is 5.69 Å². The van der Waals surface area contributed by atoms with Gasteiger partial charge in [0.05, 0.1) is 5.52 Å². The van der Waals surface area contributed by atoms with Crippen LogP contribution in [-0.4, -0.2) is 23.7 Å². The average molecular weight is 285 g/mol. The number of alkyl halides is 3. The molecule has 0 saturated heterocycles. The normalized spacial score (nSPS) is 11.6. The zero-order chi connectivity index (χ0) is 14.8. The van der Waals surface area contributed by atoms with Crippen molar-refractivity contribution in [1.29, 1.82) is 0 Å². The number of carbonyl (C=O) groups excluding carboxylic acids is 1. The van der Waals surface area contributed by atoms with Gasteiger partial charge >= 0.3 is 6.18 Å². The van der Waals surface area contributed by atoms with Gasteiger partial charge in [-0.3, -0.25) is 9.63 Å². The summed E-state index contributed by atoms with van der Waals surface area (Å²) in [5.41, 5.74) is 8.07. The van der Waals surface area contributed by atoms with E-state index in [9.17, 15) is 18.0 Å². The van der Waals surface area contributed by atoms with Crippen LogP contribution in [0.25, 0.3) is 10.9 Å². The monoisotopic (exact) mass is 285 g/mol. The maximum absolute atomic E-state index is 11.9. The molecule has 0 aliphatic rings. The molecule has 1 aromatic heterocycles. The maximum Gasteiger partial charge on any atom is 0.414 e. The quantitative estimate of drug-likeness (QED) is 0.846. The van der Waals surface area contributed by atoms with Gasteiger partial charge in [0, 0.05) is 11.1 Å². The number of aromatic nitrogens is 1. The Hall–Kier alpha value is -2.35. The first-order valence-electron chi connectivity index (χ1n) is 5.51. The van der Waals surface area contributed by atoms with Crippen molar-refractivity contribution in [3.05, 3.63) is 36.0 Å². The Bertz CT molecular complexity index is 643. The van der Waals surface area contributed by atoms with E-state index in [1.54, 1.807) is 29.7 Å². The first-order chi connectivity index (χ1) is 9.37. The summed E-state index contributed by atoms with van der Waals surface area (Å²) in [6, 6.07) is 8.09. The van der Waals surface area contributed by atoms with Crippen LogP contribution in [0.4, 0.5) is 18.9 Å². The Kier molecular flexibility index (Phi) is 3.75. The molecule has 8 heteroatoms. The highest BCUT2D eigenvalue weighted by Gasteiger charge is 2.28. The van der Waals surface area contributed by atoms with Gasteiger partial charge in [-0.15, -0.1) is 0 Å². The fourth-order valence-electron chi connectivity index (χ4n) is 1.55. The van der Waals surface area contributed by atoms with Gasteiger partial charge < -0.3 is 5.73 Å². The number of pyridine rings is 1. The molecule has 3 N–H and O–H groups in total. The van der Waals surface area contributed by atoms with Crippen molar-refractivity contribution >= 4 is 22.5 Å². The number of fused-ring (bicyclic) bond motifs is 1. The van der Waals surface area contributed by atoms with Crippen LogP contribution in [0.5, 0.6) is 0 Å². The molecule has 0 unspecified atom stereocenters. The van der Waals surface area contributed by atoms with Gasteiger partial charge in [-0.25, -0.2) is 10.5 Å². The Morgan fingerprint density at radius 3 is 2.75 bits per heavy atom. The lowest BCUT2D eigenvalue weighted by Crippen LogP contribution is -2.30. The molecule has 1 amide bonds. The van der Waals surface area contributed by atoms with E-state index in [0.29, 0.717) is 16.6 Å². The number of benzene rings is 1. The van der Waals surface area contributed by atoms with E-state index in [0.717, 1.165) is 0 Å². The van der Waals surface area contributed by atoms with E-state index < -0.39 is 18.7 Å². The number of nitrogens with two attached hydrogens (primary N) is 1. The third kappa shape index (κ3) is 3.35. The molecule has 2 aromatic rings. The molecule has 2 rings (SSSR count). The van der Waals surface area contributed by atoms with Crippen LogP contribution in [0.2, 0.25) is 0 Å². The van der Waals surface area contributed by atoms with E-state index in [1.807, 2.05) is 0 Å². The summed E-state index contributed by atoms with van der Waals surface area (Å²) in [6.07, 6.45) is -4.52. The highest BCUT2D eigenvalue weighted by molar-refractivity contribution is 5.98. The van der Waals surface area contributed by atoms with Crippen LogP contribution in [-0.2, 0) is 4.84 Å². The molecule has 0 spiro atoms. The Morgan fingerprint density at radius 2 is 2.05 bits per heavy atom. The Morgan fingerprint density at radius 1 is 1.35 bits per heavy atom. The van der Waals surface area contributed by atoms with Gasteiger partial charge in [-0.05, 0) is 12.1 Å². The SMILES string of the molecule is Nc1cc(C(=O)NOCC(F)(F)F)nc2ccccc12. The fraction of sp³-hybridized carbons (Fsp3) is 0.167. The van der Waals surface area contributed by atoms with Crippen molar-refractivity contribution < 1.29 is 22.8 Å². The summed E-state index contributed by atoms with van der Waals surface area (Å²) in [5.74, 6) is -0.897. The minimum absolute atomic E-state index is 0.122. The largest absolute Gasteiger partial charge is 0.414 e. The second-order valence-electron chi connectivity index (χ2n) is 3.95. The number of hydrogen-bond donors (Lipinski definition) is 2. The van der Waals surface area contributed by atoms with E-state index in [4.69, 9.17) is 5.73 Å². The number of halogens is 3. The Balaban J connectivity index is 2.14. The minimum atomic E-state index is -4.52. The average Bonchev–Trinajstić information content (AvgIpc) is 2.37. The van der Waals surface area contributed by atoms with Crippen molar-refractivity contribution in [2.45, 2.75) is 6.18 Å². The molecule has 106 valence electrons. The third-order valence-electron chi connectivity index (χ3n) is 2.38. The third-order valence-corrected chi connectivity index (χ3v) is 2.38. The summed E-state index contributed by atoms with van der Waals surface area (Å²) in [5, 5.41) is 0.653. The molecule has 20 heavy (non-hydrogen) atoms. The summed E-state index contributed by atoms with van der Waals surface area (Å²) in [7, 11) is 0. The van der Waals surface area contributed by atoms with Gasteiger partial charge in [0.25, 0.3) is 5.91 Å². The molecular weight excluding hydrogens is 275 g/mol. The number of hydrogen-bond acceptors (Lipinski definition) is 4. The van der Waals surface area contributed by atoms with Gasteiger partial charge in [0.15, 0.2) is 6.61 Å². The van der Waals surface area contributed by atoms with Gasteiger partial charge in [-0.1, -0.05) is 18.2 Å². The number of amides is 1. The summed E-state index contributed by atoms with van der Waals surface area (Å²) in [4.78, 5) is 19.7. The maximum atomic E-state index is 11.9. The first-order valence-corrected chi connectivity index (χ1v) is 5.51. The molecule has 5 nitrogen and oxygen atoms in total. The fourth-order valence-corrected chi connectivity index (χ4v) is 1.55. The summed E-state index contributed by atoms with van der Waals surface area (Å²) in [6.45, 7) is -1.58. The molecule has 0 radical (unpaired) electrons. The molecule has 1 aromatic carbocycles. The van der Waals surface area contributed by atoms with Crippen LogP contribution in [0.1, 0.15) is 10.5 Å². The molecule has 0 atom stereocenters. The molecule has 1 heterocycles. The van der Waals surface area contributed by atoms with Gasteiger partial charge in [-0.2, -0.15) is 13.2 Å². The molecule has 0 aliphatic heterocycles. The highest BCUT2D eigenvalue weighted by Crippen LogP contribution is 2.20. The first kappa shape index (κ1) is 14.1. The second kappa shape index (κ2) is 5.33. The zero-order valence-electron chi connectivity index (χ0n) is 10.1. The van der Waals surface area contributed by atoms with E-state index in [1.165, 1.54) is 6.07 Å². The number of nitrogens with zero attached hydrogens (tertiary/aromatic N) is 1. The molecule has 0 saturated carbocycles. The standard InChI is InChI=1S/C12H10F3N3O2/c13-12(14,15)6-20-18-11(19)10-5-8(16)7-3-1-2-4-9(7)17-10/h1-5H,6H2,(H2,16,17)(H,18,19). The summed E-state index contributed by atoms with van der Waals surface area (Å²) >= 11 is 0. The van der Waals surface area contributed by atoms with E-state index >= 15 is 0 Å². The number of rotatable bonds is 3. The molecule has 0 aliphatic carbocycles. The van der Waals surface area contributed by atoms with Crippen LogP contribution in [0.15, 0.2) is 30.3 Å². The second-order valence-corrected chi connectivity index (χ2v) is 3.95.